The van der Waals surface area contributed by atoms with Gasteiger partial charge >= 0.3 is 0 Å². The summed E-state index contributed by atoms with van der Waals surface area (Å²) in [6, 6.07) is 0. The standard InChI is InChI=1S/C3Cl3NS/c4-2(5)3(6)8-1-7. The molecule has 0 unspecified atom stereocenters. The molecule has 8 heavy (non-hydrogen) atoms. The molecule has 0 saturated carbocycles. The highest BCUT2D eigenvalue weighted by Crippen LogP contribution is 2.27. The molecule has 0 atom stereocenters. The van der Waals surface area contributed by atoms with Crippen LogP contribution in [0.15, 0.2) is 8.86 Å². The van der Waals surface area contributed by atoms with Gasteiger partial charge in [0.25, 0.3) is 0 Å². The molecule has 5 heteroatoms. The monoisotopic (exact) mass is 187 g/mol. The lowest BCUT2D eigenvalue weighted by Gasteiger charge is -1.83. The molecule has 0 aromatic carbocycles. The summed E-state index contributed by atoms with van der Waals surface area (Å²) in [6.45, 7) is 0. The third-order valence-electron chi connectivity index (χ3n) is 0.284. The normalized spacial score (nSPS) is 7.75. The van der Waals surface area contributed by atoms with Gasteiger partial charge in [0.15, 0.2) is 0 Å². The maximum Gasteiger partial charge on any atom is 0.139 e. The van der Waals surface area contributed by atoms with Crippen molar-refractivity contribution in [3.63, 3.8) is 0 Å². The van der Waals surface area contributed by atoms with Gasteiger partial charge in [0.2, 0.25) is 0 Å². The Morgan fingerprint density at radius 3 is 2.00 bits per heavy atom. The first-order valence-corrected chi connectivity index (χ1v) is 3.40. The zero-order valence-electron chi connectivity index (χ0n) is 3.49. The third-order valence-corrected chi connectivity index (χ3v) is 1.97. The number of hydrogen-bond acceptors (Lipinski definition) is 2. The van der Waals surface area contributed by atoms with Crippen LogP contribution in [0.3, 0.4) is 0 Å². The minimum absolute atomic E-state index is 0.0711. The summed E-state index contributed by atoms with van der Waals surface area (Å²) < 4.78 is 0.0362. The highest BCUT2D eigenvalue weighted by molar-refractivity contribution is 8.08. The predicted octanol–water partition coefficient (Wildman–Crippen LogP) is 3.04. The molecule has 0 aliphatic rings. The van der Waals surface area contributed by atoms with Crippen molar-refractivity contribution in [3.05, 3.63) is 8.86 Å². The van der Waals surface area contributed by atoms with Crippen LogP contribution < -0.4 is 0 Å². The summed E-state index contributed by atoms with van der Waals surface area (Å²) in [5.41, 5.74) is 0. The molecule has 0 bridgehead atoms. The summed E-state index contributed by atoms with van der Waals surface area (Å²) in [6.07, 6.45) is 0. The fraction of sp³-hybridized carbons (Fsp3) is 0. The molecule has 0 fully saturated rings. The Kier molecular flexibility index (Phi) is 4.58. The van der Waals surface area contributed by atoms with Crippen molar-refractivity contribution in [1.82, 2.24) is 0 Å². The Hall–Kier alpha value is 0.450. The van der Waals surface area contributed by atoms with Crippen molar-refractivity contribution >= 4 is 46.6 Å². The quantitative estimate of drug-likeness (QED) is 0.591. The predicted molar refractivity (Wildman–Crippen MR) is 37.8 cm³/mol. The average Bonchev–Trinajstić information content (AvgIpc) is 1.67. The number of nitrogens with zero attached hydrogens (tertiary/aromatic N) is 1. The van der Waals surface area contributed by atoms with Crippen LogP contribution in [0.25, 0.3) is 0 Å². The van der Waals surface area contributed by atoms with Crippen molar-refractivity contribution < 1.29 is 0 Å². The molecule has 0 saturated heterocycles. The first kappa shape index (κ1) is 8.45. The van der Waals surface area contributed by atoms with Gasteiger partial charge in [-0.05, 0) is 0 Å². The van der Waals surface area contributed by atoms with Crippen molar-refractivity contribution in [3.8, 4) is 5.40 Å². The first-order chi connectivity index (χ1) is 3.68. The minimum atomic E-state index is -0.0711. The Morgan fingerprint density at radius 1 is 1.38 bits per heavy atom. The lowest BCUT2D eigenvalue weighted by molar-refractivity contribution is 1.57. The number of nitriles is 1. The molecule has 0 spiro atoms. The van der Waals surface area contributed by atoms with Crippen LogP contribution in [0, 0.1) is 10.7 Å². The van der Waals surface area contributed by atoms with Crippen LogP contribution in [0.4, 0.5) is 0 Å². The van der Waals surface area contributed by atoms with Crippen LogP contribution in [-0.4, -0.2) is 0 Å². The molecular formula is C3Cl3NS. The van der Waals surface area contributed by atoms with E-state index in [1.54, 1.807) is 5.40 Å². The molecule has 44 valence electrons. The number of thioether (sulfide) groups is 1. The van der Waals surface area contributed by atoms with Crippen molar-refractivity contribution in [2.75, 3.05) is 0 Å². The first-order valence-electron chi connectivity index (χ1n) is 1.45. The number of rotatable bonds is 1. The summed E-state index contributed by atoms with van der Waals surface area (Å²) >= 11 is 16.3. The van der Waals surface area contributed by atoms with Gasteiger partial charge in [0, 0.05) is 11.8 Å². The molecule has 0 aliphatic heterocycles. The van der Waals surface area contributed by atoms with E-state index in [0.29, 0.717) is 0 Å². The van der Waals surface area contributed by atoms with Crippen molar-refractivity contribution in [2.24, 2.45) is 0 Å². The Morgan fingerprint density at radius 2 is 1.88 bits per heavy atom. The van der Waals surface area contributed by atoms with Gasteiger partial charge in [-0.1, -0.05) is 34.8 Å². The Labute approximate surface area is 66.2 Å². The highest BCUT2D eigenvalue weighted by atomic mass is 35.5. The smallest absolute Gasteiger partial charge is 0.139 e. The second kappa shape index (κ2) is 4.34. The SMILES string of the molecule is N#CSC(Cl)=C(Cl)Cl. The second-order valence-electron chi connectivity index (χ2n) is 0.727. The van der Waals surface area contributed by atoms with Crippen LogP contribution in [0.5, 0.6) is 0 Å². The fourth-order valence-electron chi connectivity index (χ4n) is 0.0786. The Balaban J connectivity index is 3.85. The lowest BCUT2D eigenvalue weighted by atomic mass is 11.2. The van der Waals surface area contributed by atoms with Gasteiger partial charge in [-0.2, -0.15) is 5.26 Å². The van der Waals surface area contributed by atoms with E-state index in [9.17, 15) is 0 Å². The summed E-state index contributed by atoms with van der Waals surface area (Å²) in [7, 11) is 0. The lowest BCUT2D eigenvalue weighted by Crippen LogP contribution is -1.56. The molecule has 0 amide bonds. The van der Waals surface area contributed by atoms with E-state index < -0.39 is 0 Å². The molecule has 0 radical (unpaired) electrons. The van der Waals surface area contributed by atoms with Crippen LogP contribution >= 0.6 is 46.6 Å². The Bertz CT molecular complexity index is 143. The van der Waals surface area contributed by atoms with E-state index in [-0.39, 0.29) is 8.86 Å². The highest BCUT2D eigenvalue weighted by Gasteiger charge is 1.96. The molecule has 0 aromatic heterocycles. The van der Waals surface area contributed by atoms with E-state index in [1.165, 1.54) is 0 Å². The average molecular weight is 188 g/mol. The van der Waals surface area contributed by atoms with Crippen LogP contribution in [-0.2, 0) is 0 Å². The van der Waals surface area contributed by atoms with E-state index in [0.717, 1.165) is 11.8 Å². The number of hydrogen-bond donors (Lipinski definition) is 0. The van der Waals surface area contributed by atoms with Crippen LogP contribution in [0.2, 0.25) is 0 Å². The summed E-state index contributed by atoms with van der Waals surface area (Å²) in [4.78, 5) is 0. The topological polar surface area (TPSA) is 23.8 Å². The minimum Gasteiger partial charge on any atom is -0.185 e. The van der Waals surface area contributed by atoms with Gasteiger partial charge in [0.05, 0.1) is 0 Å². The van der Waals surface area contributed by atoms with Crippen molar-refractivity contribution in [2.45, 2.75) is 0 Å². The zero-order valence-corrected chi connectivity index (χ0v) is 6.57. The van der Waals surface area contributed by atoms with E-state index in [2.05, 4.69) is 0 Å². The largest absolute Gasteiger partial charge is 0.185 e. The zero-order chi connectivity index (χ0) is 6.57. The molecule has 0 heterocycles. The van der Waals surface area contributed by atoms with E-state index in [4.69, 9.17) is 40.1 Å². The molecule has 0 aromatic rings. The van der Waals surface area contributed by atoms with E-state index >= 15 is 0 Å². The summed E-state index contributed by atoms with van der Waals surface area (Å²) in [5, 5.41) is 9.67. The molecule has 0 rings (SSSR count). The maximum atomic E-state index is 7.96. The number of thiocyanates is 1. The van der Waals surface area contributed by atoms with Crippen LogP contribution in [0.1, 0.15) is 0 Å². The number of halogens is 3. The molecular weight excluding hydrogens is 188 g/mol. The van der Waals surface area contributed by atoms with Gasteiger partial charge in [-0.15, -0.1) is 0 Å². The third kappa shape index (κ3) is 3.45. The summed E-state index contributed by atoms with van der Waals surface area (Å²) in [5.74, 6) is 0. The van der Waals surface area contributed by atoms with Crippen molar-refractivity contribution in [1.29, 1.82) is 5.26 Å². The second-order valence-corrected chi connectivity index (χ2v) is 3.07. The maximum absolute atomic E-state index is 7.96. The van der Waals surface area contributed by atoms with E-state index in [1.807, 2.05) is 0 Å². The molecule has 0 N–H and O–H groups in total. The van der Waals surface area contributed by atoms with Gasteiger partial charge < -0.3 is 0 Å². The van der Waals surface area contributed by atoms with Gasteiger partial charge in [-0.25, -0.2) is 0 Å². The molecule has 1 nitrogen and oxygen atoms in total. The van der Waals surface area contributed by atoms with Gasteiger partial charge in [-0.3, -0.25) is 0 Å². The molecule has 0 aliphatic carbocycles. The van der Waals surface area contributed by atoms with Gasteiger partial charge in [0.1, 0.15) is 14.3 Å². The fourth-order valence-corrected chi connectivity index (χ4v) is 0.571.